The topological polar surface area (TPSA) is 102 Å². The lowest BCUT2D eigenvalue weighted by Crippen LogP contribution is -2.28. The molecule has 0 amide bonds. The molecular formula is C11H15N3O4S. The molecule has 3 heterocycles. The third kappa shape index (κ3) is 2.24. The van der Waals surface area contributed by atoms with Crippen LogP contribution in [0.25, 0.3) is 0 Å². The van der Waals surface area contributed by atoms with Crippen molar-refractivity contribution in [3.63, 3.8) is 0 Å². The number of carboxylic acids is 1. The van der Waals surface area contributed by atoms with E-state index in [4.69, 9.17) is 5.11 Å². The number of carbonyl (C=O) groups is 1. The predicted molar refractivity (Wildman–Crippen MR) is 65.5 cm³/mol. The smallest absolute Gasteiger partial charge is 0.308 e. The van der Waals surface area contributed by atoms with Gasteiger partial charge < -0.3 is 9.67 Å². The summed E-state index contributed by atoms with van der Waals surface area (Å²) < 4.78 is 24.9. The first kappa shape index (κ1) is 12.6. The molecule has 2 aliphatic rings. The van der Waals surface area contributed by atoms with Gasteiger partial charge in [-0.2, -0.15) is 0 Å². The van der Waals surface area contributed by atoms with Gasteiger partial charge in [-0.3, -0.25) is 4.79 Å². The van der Waals surface area contributed by atoms with Crippen LogP contribution in [0.3, 0.4) is 0 Å². The molecule has 2 aliphatic heterocycles. The molecule has 0 spiro atoms. The van der Waals surface area contributed by atoms with Crippen LogP contribution < -0.4 is 0 Å². The molecule has 0 bridgehead atoms. The Morgan fingerprint density at radius 3 is 2.74 bits per heavy atom. The average Bonchev–Trinajstić information content (AvgIpc) is 2.91. The first-order valence-electron chi connectivity index (χ1n) is 6.31. The largest absolute Gasteiger partial charge is 0.481 e. The Morgan fingerprint density at radius 1 is 1.32 bits per heavy atom. The van der Waals surface area contributed by atoms with Crippen LogP contribution in [0.5, 0.6) is 0 Å². The Kier molecular flexibility index (Phi) is 2.84. The van der Waals surface area contributed by atoms with Gasteiger partial charge in [-0.1, -0.05) is 0 Å². The maximum absolute atomic E-state index is 11.5. The zero-order chi connectivity index (χ0) is 13.6. The first-order valence-corrected chi connectivity index (χ1v) is 8.13. The number of hydrogen-bond acceptors (Lipinski definition) is 5. The normalized spacial score (nSPS) is 29.1. The molecule has 104 valence electrons. The first-order chi connectivity index (χ1) is 8.96. The summed E-state index contributed by atoms with van der Waals surface area (Å²) in [5.74, 6) is 0.313. The van der Waals surface area contributed by atoms with Crippen molar-refractivity contribution < 1.29 is 18.3 Å². The Hall–Kier alpha value is -1.44. The molecule has 0 saturated carbocycles. The number of nitrogens with zero attached hydrogens (tertiary/aromatic N) is 3. The van der Waals surface area contributed by atoms with Gasteiger partial charge in [0.15, 0.2) is 9.84 Å². The summed E-state index contributed by atoms with van der Waals surface area (Å²) in [4.78, 5) is 11.1. The molecule has 1 aromatic heterocycles. The summed E-state index contributed by atoms with van der Waals surface area (Å²) in [5, 5.41) is 17.3. The quantitative estimate of drug-likeness (QED) is 0.809. The highest BCUT2D eigenvalue weighted by Gasteiger charge is 2.35. The van der Waals surface area contributed by atoms with Crippen molar-refractivity contribution in [2.75, 3.05) is 11.5 Å². The van der Waals surface area contributed by atoms with Crippen LogP contribution in [0.2, 0.25) is 0 Å². The van der Waals surface area contributed by atoms with Gasteiger partial charge in [0, 0.05) is 18.9 Å². The third-order valence-corrected chi connectivity index (χ3v) is 5.69. The molecule has 7 nitrogen and oxygen atoms in total. The SMILES string of the molecule is O=C(O)C1CCc2nnc(C3CCS(=O)(=O)C3)n2C1. The fourth-order valence-corrected chi connectivity index (χ4v) is 4.59. The molecular weight excluding hydrogens is 270 g/mol. The minimum absolute atomic E-state index is 0.100. The van der Waals surface area contributed by atoms with E-state index in [2.05, 4.69) is 10.2 Å². The van der Waals surface area contributed by atoms with Gasteiger partial charge in [-0.05, 0) is 12.8 Å². The maximum atomic E-state index is 11.5. The number of aliphatic carboxylic acids is 1. The van der Waals surface area contributed by atoms with Crippen molar-refractivity contribution in [1.82, 2.24) is 14.8 Å². The number of aromatic nitrogens is 3. The molecule has 19 heavy (non-hydrogen) atoms. The fourth-order valence-electron chi connectivity index (χ4n) is 2.85. The molecule has 1 N–H and O–H groups in total. The van der Waals surface area contributed by atoms with Crippen LogP contribution in [0, 0.1) is 5.92 Å². The van der Waals surface area contributed by atoms with E-state index in [1.54, 1.807) is 0 Å². The highest BCUT2D eigenvalue weighted by molar-refractivity contribution is 7.91. The molecule has 0 radical (unpaired) electrons. The van der Waals surface area contributed by atoms with Crippen LogP contribution in [0.1, 0.15) is 30.4 Å². The Morgan fingerprint density at radius 2 is 2.11 bits per heavy atom. The summed E-state index contributed by atoms with van der Waals surface area (Å²) in [6.07, 6.45) is 1.71. The molecule has 1 saturated heterocycles. The lowest BCUT2D eigenvalue weighted by molar-refractivity contribution is -0.142. The van der Waals surface area contributed by atoms with E-state index in [0.29, 0.717) is 31.6 Å². The minimum atomic E-state index is -2.98. The second kappa shape index (κ2) is 4.29. The van der Waals surface area contributed by atoms with Crippen molar-refractivity contribution in [3.05, 3.63) is 11.6 Å². The lowest BCUT2D eigenvalue weighted by atomic mass is 9.98. The summed E-state index contributed by atoms with van der Waals surface area (Å²) in [5.41, 5.74) is 0. The van der Waals surface area contributed by atoms with Gasteiger partial charge in [-0.25, -0.2) is 8.42 Å². The van der Waals surface area contributed by atoms with Gasteiger partial charge in [-0.15, -0.1) is 10.2 Å². The van der Waals surface area contributed by atoms with E-state index in [1.165, 1.54) is 0 Å². The number of fused-ring (bicyclic) bond motifs is 1. The van der Waals surface area contributed by atoms with Gasteiger partial charge in [0.2, 0.25) is 0 Å². The van der Waals surface area contributed by atoms with Gasteiger partial charge in [0.25, 0.3) is 0 Å². The van der Waals surface area contributed by atoms with Crippen LogP contribution in [-0.4, -0.2) is 45.8 Å². The molecule has 8 heteroatoms. The van der Waals surface area contributed by atoms with E-state index >= 15 is 0 Å². The monoisotopic (exact) mass is 285 g/mol. The highest BCUT2D eigenvalue weighted by atomic mass is 32.2. The van der Waals surface area contributed by atoms with Crippen molar-refractivity contribution in [2.45, 2.75) is 31.7 Å². The molecule has 2 unspecified atom stereocenters. The number of carboxylic acid groups (broad SMARTS) is 1. The van der Waals surface area contributed by atoms with Crippen molar-refractivity contribution in [1.29, 1.82) is 0 Å². The van der Waals surface area contributed by atoms with Crippen molar-refractivity contribution in [2.24, 2.45) is 5.92 Å². The summed E-state index contributed by atoms with van der Waals surface area (Å²) in [6, 6.07) is 0. The molecule has 0 aliphatic carbocycles. The van der Waals surface area contributed by atoms with Crippen molar-refractivity contribution in [3.8, 4) is 0 Å². The summed E-state index contributed by atoms with van der Waals surface area (Å²) >= 11 is 0. The van der Waals surface area contributed by atoms with E-state index < -0.39 is 21.7 Å². The molecule has 1 fully saturated rings. The molecule has 0 aromatic carbocycles. The van der Waals surface area contributed by atoms with E-state index in [-0.39, 0.29) is 17.4 Å². The van der Waals surface area contributed by atoms with Gasteiger partial charge in [0.05, 0.1) is 17.4 Å². The van der Waals surface area contributed by atoms with Crippen molar-refractivity contribution >= 4 is 15.8 Å². The number of hydrogen-bond donors (Lipinski definition) is 1. The second-order valence-electron chi connectivity index (χ2n) is 5.26. The summed E-state index contributed by atoms with van der Waals surface area (Å²) in [7, 11) is -2.98. The second-order valence-corrected chi connectivity index (χ2v) is 7.49. The average molecular weight is 285 g/mol. The molecule has 3 rings (SSSR count). The summed E-state index contributed by atoms with van der Waals surface area (Å²) in [6.45, 7) is 0.351. The Labute approximate surface area is 110 Å². The van der Waals surface area contributed by atoms with E-state index in [9.17, 15) is 13.2 Å². The molecule has 2 atom stereocenters. The predicted octanol–water partition coefficient (Wildman–Crippen LogP) is -0.173. The standard InChI is InChI=1S/C11H15N3O4S/c15-11(16)7-1-2-9-12-13-10(14(9)5-7)8-3-4-19(17,18)6-8/h7-8H,1-6H2,(H,15,16). The van der Waals surface area contributed by atoms with E-state index in [1.807, 2.05) is 4.57 Å². The third-order valence-electron chi connectivity index (χ3n) is 3.92. The van der Waals surface area contributed by atoms with Crippen LogP contribution in [0.4, 0.5) is 0 Å². The highest BCUT2D eigenvalue weighted by Crippen LogP contribution is 2.30. The van der Waals surface area contributed by atoms with E-state index in [0.717, 1.165) is 5.82 Å². The number of sulfone groups is 1. The minimum Gasteiger partial charge on any atom is -0.481 e. The van der Waals surface area contributed by atoms with Crippen LogP contribution >= 0.6 is 0 Å². The maximum Gasteiger partial charge on any atom is 0.308 e. The number of aryl methyl sites for hydroxylation is 1. The van der Waals surface area contributed by atoms with Crippen LogP contribution in [-0.2, 0) is 27.6 Å². The Bertz CT molecular complexity index is 622. The van der Waals surface area contributed by atoms with Gasteiger partial charge >= 0.3 is 5.97 Å². The number of rotatable bonds is 2. The van der Waals surface area contributed by atoms with Gasteiger partial charge in [0.1, 0.15) is 11.6 Å². The Balaban J connectivity index is 1.89. The lowest BCUT2D eigenvalue weighted by Gasteiger charge is -2.22. The van der Waals surface area contributed by atoms with Crippen LogP contribution in [0.15, 0.2) is 0 Å². The fraction of sp³-hybridized carbons (Fsp3) is 0.727. The zero-order valence-corrected chi connectivity index (χ0v) is 11.1. The molecule has 1 aromatic rings. The zero-order valence-electron chi connectivity index (χ0n) is 10.3.